The number of nitrogens with zero attached hydrogens (tertiary/aromatic N) is 4. The van der Waals surface area contributed by atoms with Crippen molar-refractivity contribution in [3.05, 3.63) is 78.1 Å². The molecule has 1 fully saturated rings. The van der Waals surface area contributed by atoms with E-state index >= 15 is 0 Å². The van der Waals surface area contributed by atoms with Crippen molar-refractivity contribution in [3.8, 4) is 11.6 Å². The maximum atomic E-state index is 13.9. The molecule has 33 heavy (non-hydrogen) atoms. The number of ether oxygens (including phenoxy) is 2. The molecule has 2 aromatic carbocycles. The van der Waals surface area contributed by atoms with Gasteiger partial charge in [-0.15, -0.1) is 0 Å². The first-order valence-electron chi connectivity index (χ1n) is 10.6. The Morgan fingerprint density at radius 1 is 1.09 bits per heavy atom. The molecule has 0 spiro atoms. The molecule has 1 amide bonds. The van der Waals surface area contributed by atoms with Crippen molar-refractivity contribution in [2.45, 2.75) is 19.6 Å². The molecule has 9 heteroatoms. The van der Waals surface area contributed by atoms with E-state index in [1.165, 1.54) is 12.4 Å². The lowest BCUT2D eigenvalue weighted by molar-refractivity contribution is -0.139. The fraction of sp³-hybridized carbons (Fsp3) is 0.292. The molecule has 0 aliphatic carbocycles. The second kappa shape index (κ2) is 10.4. The van der Waals surface area contributed by atoms with E-state index in [-0.39, 0.29) is 30.2 Å². The van der Waals surface area contributed by atoms with E-state index in [0.717, 1.165) is 17.7 Å². The minimum atomic E-state index is -0.814. The molecule has 0 radical (unpaired) electrons. The summed E-state index contributed by atoms with van der Waals surface area (Å²) in [6, 6.07) is 14.3. The standard InChI is InChI=1S/C24H24F2N4O3/c1-17-13-29(9-10-30(17)24(31)15-32-14-18-5-3-2-4-6-18)22-12-23(28-16-27-22)33-21-8-7-19(25)11-20(21)26/h2-8,11-12,16-17H,9-10,13-15H2,1H3/t17-/m1/s1. The van der Waals surface area contributed by atoms with Crippen LogP contribution in [-0.4, -0.2) is 53.1 Å². The zero-order valence-electron chi connectivity index (χ0n) is 18.2. The SMILES string of the molecule is C[C@@H]1CN(c2cc(Oc3ccc(F)cc3F)ncn2)CCN1C(=O)COCc1ccccc1. The summed E-state index contributed by atoms with van der Waals surface area (Å²) in [5, 5.41) is 0. The second-order valence-electron chi connectivity index (χ2n) is 7.75. The third kappa shape index (κ3) is 5.81. The van der Waals surface area contributed by atoms with E-state index < -0.39 is 11.6 Å². The quantitative estimate of drug-likeness (QED) is 0.541. The van der Waals surface area contributed by atoms with Crippen molar-refractivity contribution in [2.24, 2.45) is 0 Å². The topological polar surface area (TPSA) is 67.8 Å². The van der Waals surface area contributed by atoms with Crippen molar-refractivity contribution in [3.63, 3.8) is 0 Å². The van der Waals surface area contributed by atoms with E-state index in [2.05, 4.69) is 9.97 Å². The van der Waals surface area contributed by atoms with Gasteiger partial charge in [0.2, 0.25) is 11.8 Å². The second-order valence-corrected chi connectivity index (χ2v) is 7.75. The van der Waals surface area contributed by atoms with Gasteiger partial charge in [-0.25, -0.2) is 18.7 Å². The molecule has 0 N–H and O–H groups in total. The van der Waals surface area contributed by atoms with E-state index in [9.17, 15) is 13.6 Å². The van der Waals surface area contributed by atoms with Crippen LogP contribution in [0.5, 0.6) is 11.6 Å². The Balaban J connectivity index is 1.32. The van der Waals surface area contributed by atoms with Crippen LogP contribution in [-0.2, 0) is 16.1 Å². The first kappa shape index (κ1) is 22.6. The lowest BCUT2D eigenvalue weighted by Gasteiger charge is -2.40. The van der Waals surface area contributed by atoms with Crippen molar-refractivity contribution in [2.75, 3.05) is 31.1 Å². The van der Waals surface area contributed by atoms with Crippen LogP contribution in [0.1, 0.15) is 12.5 Å². The van der Waals surface area contributed by atoms with Crippen molar-refractivity contribution >= 4 is 11.7 Å². The first-order valence-corrected chi connectivity index (χ1v) is 10.6. The average Bonchev–Trinajstić information content (AvgIpc) is 2.81. The van der Waals surface area contributed by atoms with E-state index in [4.69, 9.17) is 9.47 Å². The maximum Gasteiger partial charge on any atom is 0.248 e. The van der Waals surface area contributed by atoms with Gasteiger partial charge in [-0.1, -0.05) is 30.3 Å². The highest BCUT2D eigenvalue weighted by molar-refractivity contribution is 5.78. The predicted molar refractivity (Wildman–Crippen MR) is 118 cm³/mol. The molecule has 1 saturated heterocycles. The number of rotatable bonds is 7. The third-order valence-electron chi connectivity index (χ3n) is 5.34. The maximum absolute atomic E-state index is 13.9. The van der Waals surface area contributed by atoms with Gasteiger partial charge in [0.05, 0.1) is 6.61 Å². The predicted octanol–water partition coefficient (Wildman–Crippen LogP) is 3.80. The van der Waals surface area contributed by atoms with Crippen LogP contribution >= 0.6 is 0 Å². The molecule has 1 aliphatic rings. The fourth-order valence-corrected chi connectivity index (χ4v) is 3.68. The minimum absolute atomic E-state index is 0.0218. The van der Waals surface area contributed by atoms with Crippen LogP contribution in [0.25, 0.3) is 0 Å². The van der Waals surface area contributed by atoms with Gasteiger partial charge >= 0.3 is 0 Å². The number of piperazine rings is 1. The van der Waals surface area contributed by atoms with E-state index in [1.807, 2.05) is 42.2 Å². The summed E-state index contributed by atoms with van der Waals surface area (Å²) in [6.07, 6.45) is 1.33. The molecule has 0 saturated carbocycles. The summed E-state index contributed by atoms with van der Waals surface area (Å²) in [7, 11) is 0. The molecule has 1 aromatic heterocycles. The van der Waals surface area contributed by atoms with Crippen LogP contribution in [0.3, 0.4) is 0 Å². The van der Waals surface area contributed by atoms with Crippen LogP contribution < -0.4 is 9.64 Å². The van der Waals surface area contributed by atoms with Gasteiger partial charge in [-0.05, 0) is 24.6 Å². The molecule has 2 heterocycles. The zero-order valence-corrected chi connectivity index (χ0v) is 18.2. The van der Waals surface area contributed by atoms with Crippen molar-refractivity contribution in [1.82, 2.24) is 14.9 Å². The summed E-state index contributed by atoms with van der Waals surface area (Å²) in [4.78, 5) is 24.7. The molecular weight excluding hydrogens is 430 g/mol. The molecule has 0 bridgehead atoms. The average molecular weight is 454 g/mol. The van der Waals surface area contributed by atoms with Crippen LogP contribution in [0.15, 0.2) is 60.9 Å². The number of hydrogen-bond acceptors (Lipinski definition) is 6. The number of carbonyl (C=O) groups excluding carboxylic acids is 1. The molecule has 0 unspecified atom stereocenters. The third-order valence-corrected chi connectivity index (χ3v) is 5.34. The highest BCUT2D eigenvalue weighted by Gasteiger charge is 2.28. The first-order chi connectivity index (χ1) is 16.0. The number of anilines is 1. The highest BCUT2D eigenvalue weighted by atomic mass is 19.1. The number of hydrogen-bond donors (Lipinski definition) is 0. The molecule has 1 atom stereocenters. The Morgan fingerprint density at radius 3 is 2.67 bits per heavy atom. The van der Waals surface area contributed by atoms with Gasteiger partial charge < -0.3 is 19.3 Å². The number of amides is 1. The normalized spacial score (nSPS) is 16.0. The van der Waals surface area contributed by atoms with Gasteiger partial charge in [0.25, 0.3) is 0 Å². The van der Waals surface area contributed by atoms with Gasteiger partial charge in [0.1, 0.15) is 24.6 Å². The lowest BCUT2D eigenvalue weighted by Crippen LogP contribution is -2.55. The van der Waals surface area contributed by atoms with Crippen molar-refractivity contribution < 1.29 is 23.0 Å². The van der Waals surface area contributed by atoms with Gasteiger partial charge in [0, 0.05) is 37.8 Å². The Kier molecular flexibility index (Phi) is 7.09. The summed E-state index contributed by atoms with van der Waals surface area (Å²) >= 11 is 0. The highest BCUT2D eigenvalue weighted by Crippen LogP contribution is 2.26. The zero-order chi connectivity index (χ0) is 23.2. The van der Waals surface area contributed by atoms with E-state index in [0.29, 0.717) is 32.1 Å². The summed E-state index contributed by atoms with van der Waals surface area (Å²) in [5.41, 5.74) is 1.02. The Hall–Kier alpha value is -3.59. The summed E-state index contributed by atoms with van der Waals surface area (Å²) in [6.45, 7) is 4.02. The minimum Gasteiger partial charge on any atom is -0.436 e. The molecule has 3 aromatic rings. The largest absolute Gasteiger partial charge is 0.436 e. The van der Waals surface area contributed by atoms with Gasteiger partial charge in [0.15, 0.2) is 11.6 Å². The van der Waals surface area contributed by atoms with E-state index in [1.54, 1.807) is 11.0 Å². The molecule has 4 rings (SSSR count). The fourth-order valence-electron chi connectivity index (χ4n) is 3.68. The Bertz CT molecular complexity index is 1100. The van der Waals surface area contributed by atoms with Gasteiger partial charge in [-0.2, -0.15) is 0 Å². The van der Waals surface area contributed by atoms with Crippen LogP contribution in [0.4, 0.5) is 14.6 Å². The molecule has 172 valence electrons. The molecule has 7 nitrogen and oxygen atoms in total. The number of halogens is 2. The monoisotopic (exact) mass is 454 g/mol. The summed E-state index contributed by atoms with van der Waals surface area (Å²) < 4.78 is 38.0. The van der Waals surface area contributed by atoms with Crippen LogP contribution in [0, 0.1) is 11.6 Å². The molecule has 1 aliphatic heterocycles. The number of aromatic nitrogens is 2. The Morgan fingerprint density at radius 2 is 1.91 bits per heavy atom. The van der Waals surface area contributed by atoms with Gasteiger partial charge in [-0.3, -0.25) is 4.79 Å². The lowest BCUT2D eigenvalue weighted by atomic mass is 10.2. The van der Waals surface area contributed by atoms with Crippen molar-refractivity contribution in [1.29, 1.82) is 0 Å². The smallest absolute Gasteiger partial charge is 0.248 e. The number of carbonyl (C=O) groups is 1. The number of benzene rings is 2. The molecular formula is C24H24F2N4O3. The Labute approximate surface area is 190 Å². The van der Waals surface area contributed by atoms with Crippen LogP contribution in [0.2, 0.25) is 0 Å². The summed E-state index contributed by atoms with van der Waals surface area (Å²) in [5.74, 6) is -0.940.